The van der Waals surface area contributed by atoms with E-state index in [1.54, 1.807) is 13.1 Å². The first-order valence-electron chi connectivity index (χ1n) is 5.62. The van der Waals surface area contributed by atoms with Gasteiger partial charge in [0.05, 0.1) is 24.9 Å². The molecule has 1 rings (SSSR count). The smallest absolute Gasteiger partial charge is 0.268 e. The van der Waals surface area contributed by atoms with Crippen molar-refractivity contribution in [2.24, 2.45) is 5.84 Å². The van der Waals surface area contributed by atoms with Crippen LogP contribution in [0.1, 0.15) is 23.0 Å². The van der Waals surface area contributed by atoms with E-state index in [-0.39, 0.29) is 12.5 Å². The minimum Gasteiger partial charge on any atom is -0.467 e. The van der Waals surface area contributed by atoms with Gasteiger partial charge in [-0.2, -0.15) is 0 Å². The lowest BCUT2D eigenvalue weighted by Gasteiger charge is -2.18. The third-order valence-corrected chi connectivity index (χ3v) is 2.58. The number of hydrazine groups is 1. The largest absolute Gasteiger partial charge is 0.467 e. The molecule has 0 aliphatic rings. The first-order chi connectivity index (χ1) is 8.62. The molecule has 0 unspecified atom stereocenters. The highest BCUT2D eigenvalue weighted by molar-refractivity contribution is 5.94. The molecule has 0 radical (unpaired) electrons. The zero-order valence-electron chi connectivity index (χ0n) is 10.5. The number of nitrogens with two attached hydrogens (primary N) is 1. The number of nitrogens with one attached hydrogen (secondary N) is 2. The lowest BCUT2D eigenvalue weighted by molar-refractivity contribution is -0.121. The van der Waals surface area contributed by atoms with Gasteiger partial charge in [0, 0.05) is 7.05 Å². The minimum atomic E-state index is -0.408. The van der Waals surface area contributed by atoms with Gasteiger partial charge < -0.3 is 9.73 Å². The van der Waals surface area contributed by atoms with Crippen LogP contribution in [-0.4, -0.2) is 36.9 Å². The summed E-state index contributed by atoms with van der Waals surface area (Å²) < 4.78 is 5.25. The zero-order chi connectivity index (χ0) is 13.5. The fourth-order valence-corrected chi connectivity index (χ4v) is 1.51. The number of nitrogen functional groups attached to an aromatic ring is 1. The van der Waals surface area contributed by atoms with Crippen molar-refractivity contribution < 1.29 is 14.0 Å². The van der Waals surface area contributed by atoms with Crippen molar-refractivity contribution in [2.75, 3.05) is 20.1 Å². The predicted molar refractivity (Wildman–Crippen MR) is 65.4 cm³/mol. The Hall–Kier alpha value is -1.86. The molecule has 100 valence electrons. The van der Waals surface area contributed by atoms with Gasteiger partial charge >= 0.3 is 0 Å². The van der Waals surface area contributed by atoms with E-state index in [0.717, 1.165) is 0 Å². The normalized spacial score (nSPS) is 10.4. The SMILES string of the molecule is CCN(CC(=O)NC)Cc1occc1C(=O)NN. The van der Waals surface area contributed by atoms with Gasteiger partial charge in [0.2, 0.25) is 5.91 Å². The number of carbonyl (C=O) groups excluding carboxylic acids is 2. The molecule has 0 saturated carbocycles. The summed E-state index contributed by atoms with van der Waals surface area (Å²) in [6, 6.07) is 1.55. The Kier molecular flexibility index (Phi) is 5.34. The first-order valence-corrected chi connectivity index (χ1v) is 5.62. The third-order valence-electron chi connectivity index (χ3n) is 2.58. The Morgan fingerprint density at radius 3 is 2.78 bits per heavy atom. The Bertz CT molecular complexity index is 416. The van der Waals surface area contributed by atoms with Crippen molar-refractivity contribution in [2.45, 2.75) is 13.5 Å². The summed E-state index contributed by atoms with van der Waals surface area (Å²) in [6.07, 6.45) is 1.42. The van der Waals surface area contributed by atoms with E-state index in [1.807, 2.05) is 11.8 Å². The van der Waals surface area contributed by atoms with Crippen LogP contribution in [0.5, 0.6) is 0 Å². The summed E-state index contributed by atoms with van der Waals surface area (Å²) in [7, 11) is 1.58. The maximum absolute atomic E-state index is 11.4. The Balaban J connectivity index is 2.73. The highest BCUT2D eigenvalue weighted by atomic mass is 16.3. The molecule has 4 N–H and O–H groups in total. The van der Waals surface area contributed by atoms with Crippen molar-refractivity contribution in [1.29, 1.82) is 0 Å². The zero-order valence-corrected chi connectivity index (χ0v) is 10.5. The van der Waals surface area contributed by atoms with Gasteiger partial charge in [-0.05, 0) is 12.6 Å². The molecule has 1 aromatic rings. The van der Waals surface area contributed by atoms with Crippen LogP contribution in [-0.2, 0) is 11.3 Å². The van der Waals surface area contributed by atoms with E-state index in [9.17, 15) is 9.59 Å². The van der Waals surface area contributed by atoms with Crippen molar-refractivity contribution in [3.8, 4) is 0 Å². The van der Waals surface area contributed by atoms with Crippen LogP contribution in [0.25, 0.3) is 0 Å². The van der Waals surface area contributed by atoms with E-state index < -0.39 is 5.91 Å². The molecule has 0 aromatic carbocycles. The summed E-state index contributed by atoms with van der Waals surface area (Å²) in [5, 5.41) is 2.55. The monoisotopic (exact) mass is 254 g/mol. The average Bonchev–Trinajstić information content (AvgIpc) is 2.84. The van der Waals surface area contributed by atoms with Crippen LogP contribution in [0.3, 0.4) is 0 Å². The number of carbonyl (C=O) groups is 2. The van der Waals surface area contributed by atoms with E-state index in [1.165, 1.54) is 6.26 Å². The second kappa shape index (κ2) is 6.77. The molecule has 18 heavy (non-hydrogen) atoms. The molecule has 0 spiro atoms. The highest BCUT2D eigenvalue weighted by Gasteiger charge is 2.17. The molecule has 7 heteroatoms. The van der Waals surface area contributed by atoms with Crippen LogP contribution in [0.4, 0.5) is 0 Å². The number of hydrogen-bond donors (Lipinski definition) is 3. The minimum absolute atomic E-state index is 0.0896. The molecule has 0 bridgehead atoms. The number of rotatable bonds is 6. The quantitative estimate of drug-likeness (QED) is 0.359. The van der Waals surface area contributed by atoms with Crippen LogP contribution >= 0.6 is 0 Å². The molecular formula is C11H18N4O3. The number of hydrogen-bond acceptors (Lipinski definition) is 5. The van der Waals surface area contributed by atoms with Gasteiger partial charge in [-0.3, -0.25) is 19.9 Å². The van der Waals surface area contributed by atoms with Gasteiger partial charge in [0.1, 0.15) is 5.76 Å². The maximum Gasteiger partial charge on any atom is 0.268 e. The Labute approximate surface area is 105 Å². The molecule has 0 aliphatic carbocycles. The lowest BCUT2D eigenvalue weighted by atomic mass is 10.2. The van der Waals surface area contributed by atoms with Gasteiger partial charge in [0.25, 0.3) is 5.91 Å². The van der Waals surface area contributed by atoms with Crippen LogP contribution < -0.4 is 16.6 Å². The molecule has 0 fully saturated rings. The van der Waals surface area contributed by atoms with Crippen LogP contribution in [0.2, 0.25) is 0 Å². The van der Waals surface area contributed by atoms with E-state index in [0.29, 0.717) is 24.4 Å². The number of likely N-dealkylation sites (N-methyl/N-ethyl adjacent to an activating group) is 2. The summed E-state index contributed by atoms with van der Waals surface area (Å²) in [5.41, 5.74) is 2.44. The second-order valence-electron chi connectivity index (χ2n) is 3.71. The molecule has 2 amide bonds. The number of nitrogens with zero attached hydrogens (tertiary/aromatic N) is 1. The molecule has 1 aromatic heterocycles. The summed E-state index contributed by atoms with van der Waals surface area (Å²) in [6.45, 7) is 3.21. The maximum atomic E-state index is 11.4. The summed E-state index contributed by atoms with van der Waals surface area (Å²) in [5.74, 6) is 5.07. The molecule has 1 heterocycles. The Morgan fingerprint density at radius 2 is 2.22 bits per heavy atom. The standard InChI is InChI=1S/C11H18N4O3/c1-3-15(7-10(16)13-2)6-9-8(4-5-18-9)11(17)14-12/h4-5H,3,6-7,12H2,1-2H3,(H,13,16)(H,14,17). The summed E-state index contributed by atoms with van der Waals surface area (Å²) >= 11 is 0. The Morgan fingerprint density at radius 1 is 1.50 bits per heavy atom. The van der Waals surface area contributed by atoms with Crippen molar-refractivity contribution in [1.82, 2.24) is 15.6 Å². The first kappa shape index (κ1) is 14.2. The molecule has 0 saturated heterocycles. The molecular weight excluding hydrogens is 236 g/mol. The van der Waals surface area contributed by atoms with E-state index in [2.05, 4.69) is 10.7 Å². The average molecular weight is 254 g/mol. The highest BCUT2D eigenvalue weighted by Crippen LogP contribution is 2.13. The van der Waals surface area contributed by atoms with Crippen LogP contribution in [0.15, 0.2) is 16.7 Å². The molecule has 0 atom stereocenters. The van der Waals surface area contributed by atoms with Gasteiger partial charge in [-0.1, -0.05) is 6.92 Å². The fraction of sp³-hybridized carbons (Fsp3) is 0.455. The third kappa shape index (κ3) is 3.57. The van der Waals surface area contributed by atoms with Crippen molar-refractivity contribution in [3.05, 3.63) is 23.7 Å². The topological polar surface area (TPSA) is 101 Å². The van der Waals surface area contributed by atoms with E-state index in [4.69, 9.17) is 10.3 Å². The molecule has 7 nitrogen and oxygen atoms in total. The molecule has 0 aliphatic heterocycles. The lowest BCUT2D eigenvalue weighted by Crippen LogP contribution is -2.36. The van der Waals surface area contributed by atoms with Crippen molar-refractivity contribution in [3.63, 3.8) is 0 Å². The van der Waals surface area contributed by atoms with Gasteiger partial charge in [0.15, 0.2) is 0 Å². The van der Waals surface area contributed by atoms with Crippen LogP contribution in [0, 0.1) is 0 Å². The van der Waals surface area contributed by atoms with E-state index >= 15 is 0 Å². The number of amides is 2. The number of furan rings is 1. The summed E-state index contributed by atoms with van der Waals surface area (Å²) in [4.78, 5) is 24.6. The predicted octanol–water partition coefficient (Wildman–Crippen LogP) is -0.549. The van der Waals surface area contributed by atoms with Gasteiger partial charge in [-0.25, -0.2) is 5.84 Å². The fourth-order valence-electron chi connectivity index (χ4n) is 1.51. The second-order valence-corrected chi connectivity index (χ2v) is 3.71. The van der Waals surface area contributed by atoms with Crippen molar-refractivity contribution >= 4 is 11.8 Å². The van der Waals surface area contributed by atoms with Gasteiger partial charge in [-0.15, -0.1) is 0 Å².